The van der Waals surface area contributed by atoms with Crippen molar-refractivity contribution in [3.63, 3.8) is 0 Å². The van der Waals surface area contributed by atoms with Crippen LogP contribution in [0.5, 0.6) is 5.75 Å². The van der Waals surface area contributed by atoms with Gasteiger partial charge in [0, 0.05) is 30.2 Å². The van der Waals surface area contributed by atoms with Gasteiger partial charge in [0.2, 0.25) is 0 Å². The Bertz CT molecular complexity index is 875. The zero-order chi connectivity index (χ0) is 19.5. The van der Waals surface area contributed by atoms with Gasteiger partial charge < -0.3 is 20.1 Å². The van der Waals surface area contributed by atoms with E-state index in [1.807, 2.05) is 24.3 Å². The molecule has 1 saturated heterocycles. The van der Waals surface area contributed by atoms with Gasteiger partial charge in [0.25, 0.3) is 0 Å². The van der Waals surface area contributed by atoms with Gasteiger partial charge in [-0.3, -0.25) is 9.59 Å². The van der Waals surface area contributed by atoms with Crippen molar-refractivity contribution in [2.24, 2.45) is 0 Å². The number of benzene rings is 1. The lowest BCUT2D eigenvalue weighted by atomic mass is 10.2. The average Bonchev–Trinajstić information content (AvgIpc) is 3.45. The lowest BCUT2D eigenvalue weighted by Gasteiger charge is -2.13. The molecule has 9 heteroatoms. The minimum atomic E-state index is -0.702. The van der Waals surface area contributed by atoms with Crippen molar-refractivity contribution in [3.8, 4) is 11.4 Å². The Labute approximate surface area is 167 Å². The molecule has 1 fully saturated rings. The number of nitrogens with zero attached hydrogens (tertiary/aromatic N) is 2. The molecule has 0 saturated carbocycles. The molecule has 0 bridgehead atoms. The number of amides is 2. The highest BCUT2D eigenvalue weighted by Gasteiger charge is 2.27. The lowest BCUT2D eigenvalue weighted by Crippen LogP contribution is -2.39. The second kappa shape index (κ2) is 8.24. The quantitative estimate of drug-likeness (QED) is 0.742. The monoisotopic (exact) mass is 402 g/mol. The Balaban J connectivity index is 1.51. The molecule has 1 atom stereocenters. The number of fused-ring (bicyclic) bond motifs is 1. The standard InChI is InChI=1S/C19H22N4O4S/c1-26-13-6-4-12(5-7-13)23-17(15-10-28-11-16(15)22-23)21-19(25)18(24)20-9-14-3-2-8-27-14/h4-7,14H,2-3,8-11H2,1H3,(H,20,24)(H,21,25). The highest BCUT2D eigenvalue weighted by molar-refractivity contribution is 7.98. The van der Waals surface area contributed by atoms with Crippen molar-refractivity contribution >= 4 is 29.4 Å². The molecule has 2 aliphatic rings. The second-order valence-electron chi connectivity index (χ2n) is 6.68. The maximum atomic E-state index is 12.5. The first-order valence-corrected chi connectivity index (χ1v) is 10.3. The van der Waals surface area contributed by atoms with Crippen LogP contribution in [0.1, 0.15) is 24.1 Å². The predicted molar refractivity (Wildman–Crippen MR) is 106 cm³/mol. The van der Waals surface area contributed by atoms with Crippen LogP contribution in [0.3, 0.4) is 0 Å². The summed E-state index contributed by atoms with van der Waals surface area (Å²) in [7, 11) is 1.61. The molecule has 0 radical (unpaired) electrons. The first-order valence-electron chi connectivity index (χ1n) is 9.19. The van der Waals surface area contributed by atoms with Gasteiger partial charge in [-0.05, 0) is 37.1 Å². The zero-order valence-corrected chi connectivity index (χ0v) is 16.4. The molecule has 3 heterocycles. The van der Waals surface area contributed by atoms with Crippen LogP contribution in [-0.4, -0.2) is 48.0 Å². The molecule has 1 aromatic carbocycles. The van der Waals surface area contributed by atoms with E-state index in [1.54, 1.807) is 23.6 Å². The molecule has 2 N–H and O–H groups in total. The summed E-state index contributed by atoms with van der Waals surface area (Å²) < 4.78 is 12.3. The Hall–Kier alpha value is -2.52. The number of hydrogen-bond acceptors (Lipinski definition) is 6. The van der Waals surface area contributed by atoms with Gasteiger partial charge in [-0.1, -0.05) is 0 Å². The number of aromatic nitrogens is 2. The van der Waals surface area contributed by atoms with Crippen molar-refractivity contribution in [2.45, 2.75) is 30.5 Å². The van der Waals surface area contributed by atoms with Crippen LogP contribution in [0.25, 0.3) is 5.69 Å². The van der Waals surface area contributed by atoms with Crippen LogP contribution in [-0.2, 0) is 25.8 Å². The summed E-state index contributed by atoms with van der Waals surface area (Å²) in [5, 5.41) is 10.0. The third-order valence-corrected chi connectivity index (χ3v) is 5.79. The van der Waals surface area contributed by atoms with Crippen LogP contribution in [0.2, 0.25) is 0 Å². The van der Waals surface area contributed by atoms with Crippen molar-refractivity contribution < 1.29 is 19.1 Å². The van der Waals surface area contributed by atoms with E-state index in [4.69, 9.17) is 9.47 Å². The van der Waals surface area contributed by atoms with E-state index in [9.17, 15) is 9.59 Å². The van der Waals surface area contributed by atoms with E-state index in [1.165, 1.54) is 0 Å². The zero-order valence-electron chi connectivity index (χ0n) is 15.6. The molecule has 0 spiro atoms. The van der Waals surface area contributed by atoms with Crippen LogP contribution in [0.15, 0.2) is 24.3 Å². The van der Waals surface area contributed by atoms with Crippen LogP contribution >= 0.6 is 11.8 Å². The van der Waals surface area contributed by atoms with E-state index < -0.39 is 11.8 Å². The smallest absolute Gasteiger partial charge is 0.314 e. The summed E-state index contributed by atoms with van der Waals surface area (Å²) in [6.45, 7) is 1.05. The number of carbonyl (C=O) groups is 2. The fraction of sp³-hybridized carbons (Fsp3) is 0.421. The Morgan fingerprint density at radius 3 is 2.82 bits per heavy atom. The summed E-state index contributed by atoms with van der Waals surface area (Å²) in [6.07, 6.45) is 1.87. The second-order valence-corrected chi connectivity index (χ2v) is 7.66. The maximum absolute atomic E-state index is 12.5. The summed E-state index contributed by atoms with van der Waals surface area (Å²) >= 11 is 1.73. The van der Waals surface area contributed by atoms with Gasteiger partial charge in [-0.15, -0.1) is 0 Å². The number of rotatable bonds is 5. The number of nitrogens with one attached hydrogen (secondary N) is 2. The maximum Gasteiger partial charge on any atom is 0.314 e. The number of anilines is 1. The molecule has 2 aromatic rings. The molecular weight excluding hydrogens is 380 g/mol. The third kappa shape index (κ3) is 3.85. The van der Waals surface area contributed by atoms with Crippen molar-refractivity contribution in [1.82, 2.24) is 15.1 Å². The molecule has 4 rings (SSSR count). The van der Waals surface area contributed by atoms with Crippen LogP contribution < -0.4 is 15.4 Å². The molecule has 1 aromatic heterocycles. The fourth-order valence-electron chi connectivity index (χ4n) is 3.31. The summed E-state index contributed by atoms with van der Waals surface area (Å²) in [5.74, 6) is 1.44. The van der Waals surface area contributed by atoms with E-state index in [0.29, 0.717) is 19.0 Å². The molecule has 148 valence electrons. The summed E-state index contributed by atoms with van der Waals surface area (Å²) in [4.78, 5) is 24.7. The van der Waals surface area contributed by atoms with Gasteiger partial charge in [-0.25, -0.2) is 4.68 Å². The van der Waals surface area contributed by atoms with Gasteiger partial charge >= 0.3 is 11.8 Å². The van der Waals surface area contributed by atoms with Gasteiger partial charge in [0.1, 0.15) is 11.6 Å². The Morgan fingerprint density at radius 2 is 2.11 bits per heavy atom. The third-order valence-electron chi connectivity index (χ3n) is 4.82. The number of methoxy groups -OCH3 is 1. The molecule has 28 heavy (non-hydrogen) atoms. The normalized spacial score (nSPS) is 18.0. The molecule has 2 aliphatic heterocycles. The molecule has 0 aliphatic carbocycles. The first-order chi connectivity index (χ1) is 13.7. The molecular formula is C19H22N4O4S. The van der Waals surface area contributed by atoms with E-state index in [-0.39, 0.29) is 6.10 Å². The van der Waals surface area contributed by atoms with Crippen LogP contribution in [0, 0.1) is 0 Å². The largest absolute Gasteiger partial charge is 0.497 e. The number of thioether (sulfide) groups is 1. The minimum absolute atomic E-state index is 0.0118. The van der Waals surface area contributed by atoms with Crippen molar-refractivity contribution in [1.29, 1.82) is 0 Å². The number of hydrogen-bond donors (Lipinski definition) is 2. The molecule has 1 unspecified atom stereocenters. The number of carbonyl (C=O) groups excluding carboxylic acids is 2. The fourth-order valence-corrected chi connectivity index (χ4v) is 4.34. The Morgan fingerprint density at radius 1 is 1.29 bits per heavy atom. The first kappa shape index (κ1) is 18.8. The summed E-state index contributed by atoms with van der Waals surface area (Å²) in [6, 6.07) is 7.39. The van der Waals surface area contributed by atoms with Gasteiger partial charge in [0.15, 0.2) is 0 Å². The summed E-state index contributed by atoms with van der Waals surface area (Å²) in [5.41, 5.74) is 2.67. The van der Waals surface area contributed by atoms with E-state index in [2.05, 4.69) is 15.7 Å². The lowest BCUT2D eigenvalue weighted by molar-refractivity contribution is -0.136. The van der Waals surface area contributed by atoms with Gasteiger partial charge in [-0.2, -0.15) is 16.9 Å². The van der Waals surface area contributed by atoms with E-state index >= 15 is 0 Å². The highest BCUT2D eigenvalue weighted by Crippen LogP contribution is 2.36. The highest BCUT2D eigenvalue weighted by atomic mass is 32.2. The SMILES string of the molecule is COc1ccc(-n2nc3c(c2NC(=O)C(=O)NCC2CCCO2)CSC3)cc1. The topological polar surface area (TPSA) is 94.5 Å². The average molecular weight is 402 g/mol. The van der Waals surface area contributed by atoms with Gasteiger partial charge in [0.05, 0.1) is 24.6 Å². The Kier molecular flexibility index (Phi) is 5.54. The molecule has 8 nitrogen and oxygen atoms in total. The van der Waals surface area contributed by atoms with E-state index in [0.717, 1.165) is 47.0 Å². The number of ether oxygens (including phenoxy) is 2. The predicted octanol–water partition coefficient (Wildman–Crippen LogP) is 1.86. The van der Waals surface area contributed by atoms with Crippen molar-refractivity contribution in [3.05, 3.63) is 35.5 Å². The van der Waals surface area contributed by atoms with Crippen molar-refractivity contribution in [2.75, 3.05) is 25.6 Å². The molecule has 2 amide bonds. The minimum Gasteiger partial charge on any atom is -0.497 e. The van der Waals surface area contributed by atoms with Crippen LogP contribution in [0.4, 0.5) is 5.82 Å².